The van der Waals surface area contributed by atoms with Crippen LogP contribution in [0.5, 0.6) is 0 Å². The van der Waals surface area contributed by atoms with Crippen molar-refractivity contribution in [2.45, 2.75) is 19.8 Å². The van der Waals surface area contributed by atoms with E-state index in [4.69, 9.17) is 0 Å². The molecule has 0 spiro atoms. The molecule has 2 aromatic rings. The molecule has 0 saturated carbocycles. The Balaban J connectivity index is 2.39. The Bertz CT molecular complexity index is 595. The number of benzene rings is 1. The molecule has 3 nitrogen and oxygen atoms in total. The van der Waals surface area contributed by atoms with Crippen LogP contribution in [0.15, 0.2) is 24.3 Å². The summed E-state index contributed by atoms with van der Waals surface area (Å²) in [6.45, 7) is 3.99. The van der Waals surface area contributed by atoms with Crippen molar-refractivity contribution in [3.8, 4) is 0 Å². The van der Waals surface area contributed by atoms with Crippen LogP contribution >= 0.6 is 11.3 Å². The van der Waals surface area contributed by atoms with Crippen LogP contribution < -0.4 is 4.90 Å². The van der Waals surface area contributed by atoms with E-state index in [9.17, 15) is 9.18 Å². The number of nitrogens with zero attached hydrogens (tertiary/aromatic N) is 2. The summed E-state index contributed by atoms with van der Waals surface area (Å²) in [5, 5.41) is 0.691. The van der Waals surface area contributed by atoms with Crippen LogP contribution in [-0.4, -0.2) is 18.3 Å². The standard InChI is InChI=1S/C14H15FN2OS/c1-9(2)13-12(8-18)19-14(16-13)17(3)11-6-4-5-10(15)7-11/h4-9H,1-3H3. The van der Waals surface area contributed by atoms with Gasteiger partial charge in [0.15, 0.2) is 11.4 Å². The number of anilines is 2. The molecule has 0 atom stereocenters. The number of carbonyl (C=O) groups is 1. The fourth-order valence-electron chi connectivity index (χ4n) is 1.77. The first-order chi connectivity index (χ1) is 9.02. The Morgan fingerprint density at radius 3 is 2.68 bits per heavy atom. The lowest BCUT2D eigenvalue weighted by Crippen LogP contribution is -2.09. The number of halogens is 1. The molecule has 5 heteroatoms. The fraction of sp³-hybridized carbons (Fsp3) is 0.286. The van der Waals surface area contributed by atoms with Crippen molar-refractivity contribution in [2.75, 3.05) is 11.9 Å². The van der Waals surface area contributed by atoms with E-state index in [1.54, 1.807) is 17.0 Å². The van der Waals surface area contributed by atoms with E-state index >= 15 is 0 Å². The first-order valence-corrected chi connectivity index (χ1v) is 6.79. The van der Waals surface area contributed by atoms with E-state index in [0.717, 1.165) is 12.0 Å². The summed E-state index contributed by atoms with van der Waals surface area (Å²) in [7, 11) is 1.81. The quantitative estimate of drug-likeness (QED) is 0.793. The monoisotopic (exact) mass is 278 g/mol. The molecular formula is C14H15FN2OS. The van der Waals surface area contributed by atoms with E-state index in [-0.39, 0.29) is 11.7 Å². The van der Waals surface area contributed by atoms with Gasteiger partial charge in [-0.05, 0) is 24.1 Å². The van der Waals surface area contributed by atoms with Crippen molar-refractivity contribution in [3.05, 3.63) is 40.7 Å². The Morgan fingerprint density at radius 2 is 2.16 bits per heavy atom. The summed E-state index contributed by atoms with van der Waals surface area (Å²) in [4.78, 5) is 17.9. The molecule has 1 heterocycles. The van der Waals surface area contributed by atoms with E-state index in [0.29, 0.717) is 15.7 Å². The number of rotatable bonds is 4. The maximum absolute atomic E-state index is 13.2. The fourth-order valence-corrected chi connectivity index (χ4v) is 2.79. The summed E-state index contributed by atoms with van der Waals surface area (Å²) >= 11 is 1.32. The minimum Gasteiger partial charge on any atom is -0.321 e. The van der Waals surface area contributed by atoms with Crippen LogP contribution in [0.2, 0.25) is 0 Å². The largest absolute Gasteiger partial charge is 0.321 e. The van der Waals surface area contributed by atoms with Gasteiger partial charge in [0.25, 0.3) is 0 Å². The van der Waals surface area contributed by atoms with Crippen molar-refractivity contribution in [1.82, 2.24) is 4.98 Å². The molecule has 0 radical (unpaired) electrons. The van der Waals surface area contributed by atoms with Gasteiger partial charge in [0, 0.05) is 12.7 Å². The van der Waals surface area contributed by atoms with Gasteiger partial charge >= 0.3 is 0 Å². The van der Waals surface area contributed by atoms with Crippen LogP contribution in [0.3, 0.4) is 0 Å². The third-order valence-corrected chi connectivity index (χ3v) is 3.88. The van der Waals surface area contributed by atoms with Crippen LogP contribution in [0.1, 0.15) is 35.1 Å². The van der Waals surface area contributed by atoms with Crippen LogP contribution in [0, 0.1) is 5.82 Å². The Labute approximate surface area is 115 Å². The summed E-state index contributed by atoms with van der Waals surface area (Å²) < 4.78 is 13.2. The Hall–Kier alpha value is -1.75. The third-order valence-electron chi connectivity index (χ3n) is 2.81. The smallest absolute Gasteiger partial charge is 0.190 e. The summed E-state index contributed by atoms with van der Waals surface area (Å²) in [5.41, 5.74) is 1.50. The van der Waals surface area contributed by atoms with E-state index in [1.165, 1.54) is 23.5 Å². The SMILES string of the molecule is CC(C)c1nc(N(C)c2cccc(F)c2)sc1C=O. The van der Waals surface area contributed by atoms with E-state index in [1.807, 2.05) is 20.9 Å². The van der Waals surface area contributed by atoms with Gasteiger partial charge in [0.1, 0.15) is 5.82 Å². The van der Waals surface area contributed by atoms with Crippen molar-refractivity contribution in [2.24, 2.45) is 0 Å². The molecule has 0 bridgehead atoms. The maximum Gasteiger partial charge on any atom is 0.190 e. The normalized spacial score (nSPS) is 10.8. The zero-order valence-electron chi connectivity index (χ0n) is 11.1. The predicted octanol–water partition coefficient (Wildman–Crippen LogP) is 3.99. The van der Waals surface area contributed by atoms with Gasteiger partial charge in [-0.25, -0.2) is 9.37 Å². The lowest BCUT2D eigenvalue weighted by atomic mass is 10.1. The van der Waals surface area contributed by atoms with Crippen molar-refractivity contribution in [1.29, 1.82) is 0 Å². The van der Waals surface area contributed by atoms with Gasteiger partial charge in [-0.15, -0.1) is 0 Å². The molecule has 1 aromatic carbocycles. The molecule has 0 unspecified atom stereocenters. The highest BCUT2D eigenvalue weighted by Gasteiger charge is 2.17. The second-order valence-electron chi connectivity index (χ2n) is 4.56. The van der Waals surface area contributed by atoms with Gasteiger partial charge in [-0.3, -0.25) is 4.79 Å². The topological polar surface area (TPSA) is 33.2 Å². The Kier molecular flexibility index (Phi) is 3.95. The zero-order chi connectivity index (χ0) is 14.0. The molecular weight excluding hydrogens is 263 g/mol. The number of hydrogen-bond acceptors (Lipinski definition) is 4. The molecule has 0 N–H and O–H groups in total. The minimum atomic E-state index is -0.291. The molecule has 0 aliphatic carbocycles. The second-order valence-corrected chi connectivity index (χ2v) is 5.57. The minimum absolute atomic E-state index is 0.186. The Morgan fingerprint density at radius 1 is 1.42 bits per heavy atom. The van der Waals surface area contributed by atoms with Crippen molar-refractivity contribution < 1.29 is 9.18 Å². The van der Waals surface area contributed by atoms with Crippen molar-refractivity contribution >= 4 is 28.4 Å². The highest BCUT2D eigenvalue weighted by atomic mass is 32.1. The van der Waals surface area contributed by atoms with Gasteiger partial charge < -0.3 is 4.90 Å². The maximum atomic E-state index is 13.2. The molecule has 19 heavy (non-hydrogen) atoms. The number of aromatic nitrogens is 1. The van der Waals surface area contributed by atoms with Crippen LogP contribution in [0.25, 0.3) is 0 Å². The molecule has 0 amide bonds. The van der Waals surface area contributed by atoms with Gasteiger partial charge in [0.05, 0.1) is 10.6 Å². The van der Waals surface area contributed by atoms with Crippen LogP contribution in [-0.2, 0) is 0 Å². The van der Waals surface area contributed by atoms with Gasteiger partial charge in [-0.2, -0.15) is 0 Å². The lowest BCUT2D eigenvalue weighted by Gasteiger charge is -2.15. The number of thiazole rings is 1. The van der Waals surface area contributed by atoms with Gasteiger partial charge in [0.2, 0.25) is 0 Å². The number of carbonyl (C=O) groups excluding carboxylic acids is 1. The van der Waals surface area contributed by atoms with Crippen molar-refractivity contribution in [3.63, 3.8) is 0 Å². The molecule has 0 aliphatic rings. The average Bonchev–Trinajstić information content (AvgIpc) is 2.82. The molecule has 0 saturated heterocycles. The number of hydrogen-bond donors (Lipinski definition) is 0. The molecule has 0 aliphatic heterocycles. The molecule has 0 fully saturated rings. The lowest BCUT2D eigenvalue weighted by molar-refractivity contribution is 0.112. The molecule has 1 aromatic heterocycles. The van der Waals surface area contributed by atoms with E-state index in [2.05, 4.69) is 4.98 Å². The molecule has 2 rings (SSSR count). The first-order valence-electron chi connectivity index (χ1n) is 5.98. The summed E-state index contributed by atoms with van der Waals surface area (Å²) in [6, 6.07) is 6.30. The highest BCUT2D eigenvalue weighted by Crippen LogP contribution is 2.32. The molecule has 100 valence electrons. The first kappa shape index (κ1) is 13.7. The third kappa shape index (κ3) is 2.81. The highest BCUT2D eigenvalue weighted by molar-refractivity contribution is 7.17. The van der Waals surface area contributed by atoms with Gasteiger partial charge in [-0.1, -0.05) is 31.3 Å². The summed E-state index contributed by atoms with van der Waals surface area (Å²) in [5.74, 6) is -0.105. The predicted molar refractivity (Wildman–Crippen MR) is 76.1 cm³/mol. The zero-order valence-corrected chi connectivity index (χ0v) is 11.9. The number of aldehydes is 1. The van der Waals surface area contributed by atoms with Crippen LogP contribution in [0.4, 0.5) is 15.2 Å². The average molecular weight is 278 g/mol. The summed E-state index contributed by atoms with van der Waals surface area (Å²) in [6.07, 6.45) is 0.829. The van der Waals surface area contributed by atoms with E-state index < -0.39 is 0 Å². The second kappa shape index (κ2) is 5.48.